The van der Waals surface area contributed by atoms with Crippen LogP contribution in [-0.4, -0.2) is 25.2 Å². The minimum absolute atomic E-state index is 0.191. The van der Waals surface area contributed by atoms with E-state index >= 15 is 0 Å². The first-order valence-electron chi connectivity index (χ1n) is 6.13. The highest BCUT2D eigenvalue weighted by atomic mass is 32.2. The molecule has 1 rings (SSSR count). The van der Waals surface area contributed by atoms with Crippen molar-refractivity contribution in [2.75, 3.05) is 11.5 Å². The van der Waals surface area contributed by atoms with Gasteiger partial charge in [-0.3, -0.25) is 0 Å². The van der Waals surface area contributed by atoms with E-state index in [2.05, 4.69) is 13.8 Å². The zero-order chi connectivity index (χ0) is 13.6. The van der Waals surface area contributed by atoms with E-state index in [9.17, 15) is 8.42 Å². The van der Waals surface area contributed by atoms with E-state index in [1.165, 1.54) is 0 Å². The van der Waals surface area contributed by atoms with Crippen LogP contribution in [0.1, 0.15) is 25.8 Å². The second kappa shape index (κ2) is 7.16. The summed E-state index contributed by atoms with van der Waals surface area (Å²) in [5.74, 6) is 0.834. The van der Waals surface area contributed by atoms with Crippen LogP contribution in [0.4, 0.5) is 0 Å². The fourth-order valence-electron chi connectivity index (χ4n) is 1.46. The maximum atomic E-state index is 12.1. The molecule has 0 heterocycles. The van der Waals surface area contributed by atoms with Gasteiger partial charge in [0.2, 0.25) is 0 Å². The lowest BCUT2D eigenvalue weighted by Crippen LogP contribution is -2.11. The number of rotatable bonds is 7. The second-order valence-corrected chi connectivity index (χ2v) is 7.92. The monoisotopic (exact) mass is 287 g/mol. The van der Waals surface area contributed by atoms with Crippen LogP contribution in [0.2, 0.25) is 0 Å². The first-order valence-corrected chi connectivity index (χ1v) is 8.83. The van der Waals surface area contributed by atoms with Gasteiger partial charge in [-0.15, -0.1) is 0 Å². The van der Waals surface area contributed by atoms with Gasteiger partial charge < -0.3 is 5.73 Å². The van der Waals surface area contributed by atoms with E-state index < -0.39 is 9.84 Å². The average molecular weight is 287 g/mol. The largest absolute Gasteiger partial charge is 0.326 e. The summed E-state index contributed by atoms with van der Waals surface area (Å²) >= 11 is 1.70. The fraction of sp³-hybridized carbons (Fsp3) is 0.538. The third-order valence-electron chi connectivity index (χ3n) is 2.82. The van der Waals surface area contributed by atoms with Gasteiger partial charge in [-0.1, -0.05) is 26.0 Å². The smallest absolute Gasteiger partial charge is 0.179 e. The van der Waals surface area contributed by atoms with Gasteiger partial charge in [0.25, 0.3) is 0 Å². The van der Waals surface area contributed by atoms with Crippen LogP contribution in [0.5, 0.6) is 0 Å². The van der Waals surface area contributed by atoms with Crippen LogP contribution in [0.15, 0.2) is 29.2 Å². The number of hydrogen-bond acceptors (Lipinski definition) is 4. The molecule has 3 nitrogen and oxygen atoms in total. The van der Waals surface area contributed by atoms with Crippen molar-refractivity contribution in [3.05, 3.63) is 29.8 Å². The Bertz CT molecular complexity index is 472. The minimum atomic E-state index is -3.17. The molecule has 0 aromatic heterocycles. The molecule has 0 aliphatic heterocycles. The summed E-state index contributed by atoms with van der Waals surface area (Å²) < 4.78 is 24.2. The van der Waals surface area contributed by atoms with Crippen molar-refractivity contribution in [2.45, 2.75) is 37.0 Å². The standard InChI is InChI=1S/C13H21NO2S2/c1-3-11(2)17-7-8-18(15,16)13-6-4-5-12(9-13)10-14/h4-6,9,11H,3,7-8,10,14H2,1-2H3. The van der Waals surface area contributed by atoms with Crippen LogP contribution >= 0.6 is 11.8 Å². The Morgan fingerprint density at radius 1 is 1.39 bits per heavy atom. The summed E-state index contributed by atoms with van der Waals surface area (Å²) in [6.45, 7) is 4.59. The Kier molecular flexibility index (Phi) is 6.18. The number of hydrogen-bond donors (Lipinski definition) is 1. The van der Waals surface area contributed by atoms with Crippen molar-refractivity contribution in [1.82, 2.24) is 0 Å². The molecule has 5 heteroatoms. The fourth-order valence-corrected chi connectivity index (χ4v) is 4.21. The van der Waals surface area contributed by atoms with Crippen molar-refractivity contribution in [3.63, 3.8) is 0 Å². The van der Waals surface area contributed by atoms with Crippen molar-refractivity contribution in [2.24, 2.45) is 5.73 Å². The number of thioether (sulfide) groups is 1. The summed E-state index contributed by atoms with van der Waals surface area (Å²) in [5.41, 5.74) is 6.37. The Labute approximate surface area is 114 Å². The Hall–Kier alpha value is -0.520. The molecule has 0 saturated carbocycles. The molecule has 0 radical (unpaired) electrons. The third-order valence-corrected chi connectivity index (χ3v) is 6.14. The average Bonchev–Trinajstić information content (AvgIpc) is 2.38. The predicted molar refractivity (Wildman–Crippen MR) is 78.6 cm³/mol. The number of nitrogens with two attached hydrogens (primary N) is 1. The van der Waals surface area contributed by atoms with Crippen molar-refractivity contribution >= 4 is 21.6 Å². The highest BCUT2D eigenvalue weighted by Gasteiger charge is 2.15. The van der Waals surface area contributed by atoms with Crippen LogP contribution in [0.25, 0.3) is 0 Å². The summed E-state index contributed by atoms with van der Waals surface area (Å²) in [6.07, 6.45) is 1.06. The molecular formula is C13H21NO2S2. The van der Waals surface area contributed by atoms with Gasteiger partial charge in [-0.2, -0.15) is 11.8 Å². The topological polar surface area (TPSA) is 60.2 Å². The van der Waals surface area contributed by atoms with E-state index in [0.29, 0.717) is 22.4 Å². The Morgan fingerprint density at radius 3 is 2.72 bits per heavy atom. The summed E-state index contributed by atoms with van der Waals surface area (Å²) in [4.78, 5) is 0.384. The second-order valence-electron chi connectivity index (χ2n) is 4.26. The van der Waals surface area contributed by atoms with E-state index in [0.717, 1.165) is 12.0 Å². The molecule has 0 spiro atoms. The normalized spacial score (nSPS) is 13.5. The minimum Gasteiger partial charge on any atom is -0.326 e. The molecular weight excluding hydrogens is 266 g/mol. The van der Waals surface area contributed by atoms with E-state index in [1.54, 1.807) is 30.0 Å². The molecule has 18 heavy (non-hydrogen) atoms. The number of benzene rings is 1. The lowest BCUT2D eigenvalue weighted by atomic mass is 10.2. The molecule has 1 atom stereocenters. The summed E-state index contributed by atoms with van der Waals surface area (Å²) in [7, 11) is -3.17. The molecule has 0 fully saturated rings. The van der Waals surface area contributed by atoms with Gasteiger partial charge in [-0.05, 0) is 24.1 Å². The predicted octanol–water partition coefficient (Wildman–Crippen LogP) is 2.45. The molecule has 102 valence electrons. The Balaban J connectivity index is 2.68. The molecule has 1 aromatic carbocycles. The van der Waals surface area contributed by atoms with Crippen LogP contribution in [-0.2, 0) is 16.4 Å². The van der Waals surface area contributed by atoms with Crippen LogP contribution in [0.3, 0.4) is 0 Å². The Morgan fingerprint density at radius 2 is 2.11 bits per heavy atom. The quantitative estimate of drug-likeness (QED) is 0.837. The van der Waals surface area contributed by atoms with E-state index in [4.69, 9.17) is 5.73 Å². The first kappa shape index (κ1) is 15.5. The molecule has 1 unspecified atom stereocenters. The number of sulfone groups is 1. The van der Waals surface area contributed by atoms with Crippen molar-refractivity contribution in [3.8, 4) is 0 Å². The van der Waals surface area contributed by atoms with Crippen LogP contribution < -0.4 is 5.73 Å². The van der Waals surface area contributed by atoms with Gasteiger partial charge in [0.05, 0.1) is 10.6 Å². The lowest BCUT2D eigenvalue weighted by Gasteiger charge is -2.09. The first-order chi connectivity index (χ1) is 8.49. The summed E-state index contributed by atoms with van der Waals surface area (Å²) in [6, 6.07) is 6.90. The molecule has 0 aliphatic rings. The van der Waals surface area contributed by atoms with Gasteiger partial charge >= 0.3 is 0 Å². The van der Waals surface area contributed by atoms with E-state index in [-0.39, 0.29) is 5.75 Å². The molecule has 1 aromatic rings. The molecule has 2 N–H and O–H groups in total. The van der Waals surface area contributed by atoms with Crippen molar-refractivity contribution < 1.29 is 8.42 Å². The van der Waals surface area contributed by atoms with Crippen molar-refractivity contribution in [1.29, 1.82) is 0 Å². The summed E-state index contributed by atoms with van der Waals surface area (Å²) in [5, 5.41) is 0.510. The molecule has 0 aliphatic carbocycles. The van der Waals surface area contributed by atoms with Gasteiger partial charge in [-0.25, -0.2) is 8.42 Å². The van der Waals surface area contributed by atoms with E-state index in [1.807, 2.05) is 6.07 Å². The SMILES string of the molecule is CCC(C)SCCS(=O)(=O)c1cccc(CN)c1. The highest BCUT2D eigenvalue weighted by molar-refractivity contribution is 8.01. The zero-order valence-corrected chi connectivity index (χ0v) is 12.6. The lowest BCUT2D eigenvalue weighted by molar-refractivity contribution is 0.597. The van der Waals surface area contributed by atoms with Crippen LogP contribution in [0, 0.1) is 0 Å². The molecule has 0 saturated heterocycles. The third kappa shape index (κ3) is 4.63. The maximum absolute atomic E-state index is 12.1. The van der Waals surface area contributed by atoms with Gasteiger partial charge in [0, 0.05) is 17.5 Å². The zero-order valence-electron chi connectivity index (χ0n) is 10.9. The van der Waals surface area contributed by atoms with Gasteiger partial charge in [0.1, 0.15) is 0 Å². The molecule has 0 amide bonds. The maximum Gasteiger partial charge on any atom is 0.179 e. The van der Waals surface area contributed by atoms with Gasteiger partial charge in [0.15, 0.2) is 9.84 Å². The molecule has 0 bridgehead atoms. The highest BCUT2D eigenvalue weighted by Crippen LogP contribution is 2.18.